The molecule has 2 aromatic rings. The number of halogens is 1. The van der Waals surface area contributed by atoms with Crippen molar-refractivity contribution in [3.63, 3.8) is 0 Å². The number of hydrogen-bond acceptors (Lipinski definition) is 4. The number of esters is 1. The van der Waals surface area contributed by atoms with E-state index in [0.717, 1.165) is 42.0 Å². The van der Waals surface area contributed by atoms with Gasteiger partial charge >= 0.3 is 5.97 Å². The predicted octanol–water partition coefficient (Wildman–Crippen LogP) is 6.64. The van der Waals surface area contributed by atoms with Gasteiger partial charge in [-0.2, -0.15) is 0 Å². The van der Waals surface area contributed by atoms with Gasteiger partial charge in [0, 0.05) is 17.5 Å². The van der Waals surface area contributed by atoms with Crippen LogP contribution in [0.1, 0.15) is 63.3 Å². The first kappa shape index (κ1) is 26.4. The largest absolute Gasteiger partial charge is 0.466 e. The number of unbranched alkanes of at least 4 members (excludes halogenated alkanes) is 1. The van der Waals surface area contributed by atoms with Crippen molar-refractivity contribution in [2.45, 2.75) is 78.2 Å². The number of hydrogen-bond donors (Lipinski definition) is 0. The third kappa shape index (κ3) is 6.80. The molecule has 1 heterocycles. The zero-order valence-electron chi connectivity index (χ0n) is 20.5. The molecule has 0 amide bonds. The van der Waals surface area contributed by atoms with Crippen molar-refractivity contribution < 1.29 is 14.0 Å². The van der Waals surface area contributed by atoms with Gasteiger partial charge in [-0.1, -0.05) is 63.9 Å². The van der Waals surface area contributed by atoms with Crippen LogP contribution in [0.3, 0.4) is 0 Å². The average Bonchev–Trinajstić information content (AvgIpc) is 3.06. The van der Waals surface area contributed by atoms with E-state index in [1.54, 1.807) is 6.08 Å². The molecule has 0 saturated heterocycles. The van der Waals surface area contributed by atoms with Gasteiger partial charge in [0.1, 0.15) is 5.82 Å². The molecule has 0 aliphatic rings. The number of rotatable bonds is 10. The molecule has 7 heteroatoms. The van der Waals surface area contributed by atoms with Crippen LogP contribution in [0.25, 0.3) is 6.08 Å². The van der Waals surface area contributed by atoms with Crippen LogP contribution in [0.4, 0.5) is 0 Å². The first-order valence-corrected chi connectivity index (χ1v) is 14.5. The zero-order chi connectivity index (χ0) is 23.9. The summed E-state index contributed by atoms with van der Waals surface area (Å²) >= 11 is 6.47. The van der Waals surface area contributed by atoms with E-state index in [9.17, 15) is 4.79 Å². The molecule has 0 aliphatic carbocycles. The van der Waals surface area contributed by atoms with Crippen molar-refractivity contribution in [2.75, 3.05) is 7.11 Å². The topological polar surface area (TPSA) is 53.4 Å². The lowest BCUT2D eigenvalue weighted by atomic mass is 10.2. The van der Waals surface area contributed by atoms with Gasteiger partial charge in [-0.25, -0.2) is 9.78 Å². The van der Waals surface area contributed by atoms with Crippen LogP contribution < -0.4 is 0 Å². The molecule has 1 aromatic carbocycles. The highest BCUT2D eigenvalue weighted by molar-refractivity contribution is 6.74. The van der Waals surface area contributed by atoms with Crippen molar-refractivity contribution in [3.8, 4) is 0 Å². The zero-order valence-corrected chi connectivity index (χ0v) is 22.3. The highest BCUT2D eigenvalue weighted by atomic mass is 35.5. The molecule has 0 radical (unpaired) electrons. The van der Waals surface area contributed by atoms with Crippen LogP contribution in [-0.4, -0.2) is 30.9 Å². The summed E-state index contributed by atoms with van der Waals surface area (Å²) < 4.78 is 13.5. The molecular formula is C25H37ClN2O3Si. The number of ether oxygens (including phenoxy) is 1. The number of aromatic nitrogens is 2. The predicted molar refractivity (Wildman–Crippen MR) is 134 cm³/mol. The molecular weight excluding hydrogens is 440 g/mol. The average molecular weight is 477 g/mol. The summed E-state index contributed by atoms with van der Waals surface area (Å²) in [7, 11) is -0.588. The number of carbonyl (C=O) groups is 1. The maximum atomic E-state index is 11.9. The second-order valence-corrected chi connectivity index (χ2v) is 14.8. The molecule has 5 nitrogen and oxygen atoms in total. The van der Waals surface area contributed by atoms with Gasteiger partial charge < -0.3 is 13.7 Å². The van der Waals surface area contributed by atoms with E-state index in [4.69, 9.17) is 25.7 Å². The maximum Gasteiger partial charge on any atom is 0.330 e. The Bertz CT molecular complexity index is 945. The summed E-state index contributed by atoms with van der Waals surface area (Å²) in [5.41, 5.74) is 2.71. The lowest BCUT2D eigenvalue weighted by molar-refractivity contribution is -0.134. The first-order chi connectivity index (χ1) is 15.0. The molecule has 32 heavy (non-hydrogen) atoms. The Morgan fingerprint density at radius 1 is 1.25 bits per heavy atom. The third-order valence-corrected chi connectivity index (χ3v) is 11.0. The van der Waals surface area contributed by atoms with Crippen LogP contribution in [0.2, 0.25) is 23.2 Å². The molecule has 0 fully saturated rings. The SMILES string of the molecule is CCCCc1nc(CO[Si](C)(C)C(C)(C)C)c(/C=C/C(=O)OC)n1Cc1ccccc1Cl. The summed E-state index contributed by atoms with van der Waals surface area (Å²) in [4.78, 5) is 16.8. The summed E-state index contributed by atoms with van der Waals surface area (Å²) in [5.74, 6) is 0.576. The molecule has 0 aliphatic heterocycles. The lowest BCUT2D eigenvalue weighted by Gasteiger charge is -2.36. The number of nitrogens with zero attached hydrogens (tertiary/aromatic N) is 2. The van der Waals surface area contributed by atoms with Crippen molar-refractivity contribution in [2.24, 2.45) is 0 Å². The Labute approximate surface area is 198 Å². The van der Waals surface area contributed by atoms with Crippen LogP contribution >= 0.6 is 11.6 Å². The Hall–Kier alpha value is -1.89. The number of methoxy groups -OCH3 is 1. The minimum absolute atomic E-state index is 0.0974. The van der Waals surface area contributed by atoms with E-state index >= 15 is 0 Å². The van der Waals surface area contributed by atoms with E-state index in [2.05, 4.69) is 45.4 Å². The molecule has 1 aromatic heterocycles. The van der Waals surface area contributed by atoms with Crippen LogP contribution in [0.5, 0.6) is 0 Å². The smallest absolute Gasteiger partial charge is 0.330 e. The van der Waals surface area contributed by atoms with E-state index in [1.807, 2.05) is 24.3 Å². The van der Waals surface area contributed by atoms with Crippen molar-refractivity contribution in [1.82, 2.24) is 9.55 Å². The molecule has 176 valence electrons. The Kier molecular flexibility index (Phi) is 9.31. The summed E-state index contributed by atoms with van der Waals surface area (Å²) in [6.07, 6.45) is 6.18. The molecule has 0 bridgehead atoms. The van der Waals surface area contributed by atoms with E-state index < -0.39 is 14.3 Å². The van der Waals surface area contributed by atoms with Crippen molar-refractivity contribution >= 4 is 32.0 Å². The van der Waals surface area contributed by atoms with Gasteiger partial charge in [0.2, 0.25) is 0 Å². The van der Waals surface area contributed by atoms with Crippen LogP contribution in [0, 0.1) is 0 Å². The van der Waals surface area contributed by atoms with Gasteiger partial charge in [0.05, 0.1) is 31.6 Å². The fraction of sp³-hybridized carbons (Fsp3) is 0.520. The molecule has 0 atom stereocenters. The third-order valence-electron chi connectivity index (χ3n) is 6.16. The summed E-state index contributed by atoms with van der Waals surface area (Å²) in [5, 5.41) is 0.810. The van der Waals surface area contributed by atoms with Crippen LogP contribution in [0.15, 0.2) is 30.3 Å². The Morgan fingerprint density at radius 3 is 2.53 bits per heavy atom. The van der Waals surface area contributed by atoms with Gasteiger partial charge in [-0.3, -0.25) is 0 Å². The van der Waals surface area contributed by atoms with Crippen LogP contribution in [-0.2, 0) is 33.5 Å². The number of benzene rings is 1. The first-order valence-electron chi connectivity index (χ1n) is 11.2. The van der Waals surface area contributed by atoms with Gasteiger partial charge in [0.15, 0.2) is 8.32 Å². The normalized spacial score (nSPS) is 12.5. The van der Waals surface area contributed by atoms with Gasteiger partial charge in [0.25, 0.3) is 0 Å². The maximum absolute atomic E-state index is 11.9. The molecule has 0 N–H and O–H groups in total. The van der Waals surface area contributed by atoms with Gasteiger partial charge in [-0.15, -0.1) is 0 Å². The summed E-state index contributed by atoms with van der Waals surface area (Å²) in [6.45, 7) is 14.3. The minimum Gasteiger partial charge on any atom is -0.466 e. The number of aryl methyl sites for hydroxylation is 1. The molecule has 0 saturated carbocycles. The standard InChI is InChI=1S/C25H37ClN2O3Si/c1-8-9-14-23-27-21(18-31-32(6,7)25(2,3)4)22(15-16-24(29)30-5)28(23)17-19-12-10-11-13-20(19)26/h10-13,15-16H,8-9,14,17-18H2,1-7H3/b16-15+. The van der Waals surface area contributed by atoms with Crippen molar-refractivity contribution in [3.05, 3.63) is 58.1 Å². The molecule has 0 spiro atoms. The fourth-order valence-corrected chi connectivity index (χ4v) is 4.17. The second-order valence-electron chi connectivity index (χ2n) is 9.55. The highest BCUT2D eigenvalue weighted by Gasteiger charge is 2.37. The lowest BCUT2D eigenvalue weighted by Crippen LogP contribution is -2.40. The Balaban J connectivity index is 2.53. The highest BCUT2D eigenvalue weighted by Crippen LogP contribution is 2.37. The fourth-order valence-electron chi connectivity index (χ4n) is 3.04. The second kappa shape index (κ2) is 11.3. The number of carbonyl (C=O) groups excluding carboxylic acids is 1. The molecule has 0 unspecified atom stereocenters. The van der Waals surface area contributed by atoms with E-state index in [-0.39, 0.29) is 5.04 Å². The Morgan fingerprint density at radius 2 is 1.94 bits per heavy atom. The van der Waals surface area contributed by atoms with E-state index in [0.29, 0.717) is 18.2 Å². The minimum atomic E-state index is -1.96. The van der Waals surface area contributed by atoms with E-state index in [1.165, 1.54) is 13.2 Å². The quantitative estimate of drug-likeness (QED) is 0.219. The summed E-state index contributed by atoms with van der Waals surface area (Å²) in [6, 6.07) is 7.82. The number of imidazole rings is 1. The molecule has 2 rings (SSSR count). The van der Waals surface area contributed by atoms with Gasteiger partial charge in [-0.05, 0) is 42.3 Å². The monoisotopic (exact) mass is 476 g/mol. The van der Waals surface area contributed by atoms with Crippen molar-refractivity contribution in [1.29, 1.82) is 0 Å².